The highest BCUT2D eigenvalue weighted by Crippen LogP contribution is 2.38. The first kappa shape index (κ1) is 28.6. The topological polar surface area (TPSA) is 113 Å². The average Bonchev–Trinajstić information content (AvgIpc) is 2.85. The van der Waals surface area contributed by atoms with Crippen molar-refractivity contribution in [1.29, 1.82) is 0 Å². The number of carbonyl (C=O) groups excluding carboxylic acids is 1. The molecule has 3 aromatic rings. The minimum Gasteiger partial charge on any atom is -0.390 e. The summed E-state index contributed by atoms with van der Waals surface area (Å²) in [6.45, 7) is 7.97. The summed E-state index contributed by atoms with van der Waals surface area (Å²) in [5.74, 6) is -1.52. The Morgan fingerprint density at radius 2 is 1.90 bits per heavy atom. The highest BCUT2D eigenvalue weighted by Gasteiger charge is 2.38. The van der Waals surface area contributed by atoms with Gasteiger partial charge in [-0.1, -0.05) is 45.0 Å². The number of aryl methyl sites for hydroxylation is 1. The molecule has 0 saturated carbocycles. The Labute approximate surface area is 228 Å². The molecule has 0 radical (unpaired) electrons. The van der Waals surface area contributed by atoms with Gasteiger partial charge in [0.15, 0.2) is 0 Å². The SMILES string of the molecule is CC(=O)N[C@@H](Cc1cc(F)cc(F)c1)[C@H](O)CNC1(c2cccc(C(C)(C)C)c2)CCc2nc(N)ncc2C1. The number of nitrogens with two attached hydrogens (primary N) is 1. The van der Waals surface area contributed by atoms with Crippen LogP contribution in [0.2, 0.25) is 0 Å². The van der Waals surface area contributed by atoms with Gasteiger partial charge in [0.2, 0.25) is 11.9 Å². The first-order valence-corrected chi connectivity index (χ1v) is 13.2. The zero-order chi connectivity index (χ0) is 28.4. The average molecular weight is 538 g/mol. The molecular formula is C30H37F2N5O2. The van der Waals surface area contributed by atoms with Crippen LogP contribution < -0.4 is 16.4 Å². The number of hydrogen-bond acceptors (Lipinski definition) is 6. The highest BCUT2D eigenvalue weighted by atomic mass is 19.1. The van der Waals surface area contributed by atoms with Crippen LogP contribution in [0.4, 0.5) is 14.7 Å². The standard InChI is InChI=1S/C30H37F2N5O2/c1-18(38)36-26(12-19-10-23(31)14-24(32)11-19)27(39)17-35-30(22-7-5-6-21(13-22)29(2,3)4)9-8-25-20(15-30)16-34-28(33)37-25/h5-7,10-11,13-14,16,26-27,35,39H,8-9,12,15,17H2,1-4H3,(H,36,38)(H2,33,34,37)/t26-,27+,30?/m0/s1. The molecule has 39 heavy (non-hydrogen) atoms. The number of aromatic nitrogens is 2. The summed E-state index contributed by atoms with van der Waals surface area (Å²) < 4.78 is 27.6. The molecule has 7 nitrogen and oxygen atoms in total. The van der Waals surface area contributed by atoms with Gasteiger partial charge in [0.25, 0.3) is 0 Å². The van der Waals surface area contributed by atoms with E-state index in [1.165, 1.54) is 24.6 Å². The van der Waals surface area contributed by atoms with Crippen molar-refractivity contribution < 1.29 is 18.7 Å². The van der Waals surface area contributed by atoms with E-state index >= 15 is 0 Å². The predicted molar refractivity (Wildman–Crippen MR) is 147 cm³/mol. The quantitative estimate of drug-likeness (QED) is 0.349. The number of aliphatic hydroxyl groups excluding tert-OH is 1. The second kappa shape index (κ2) is 11.4. The maximum atomic E-state index is 13.8. The highest BCUT2D eigenvalue weighted by molar-refractivity contribution is 5.73. The molecule has 2 aromatic carbocycles. The lowest BCUT2D eigenvalue weighted by molar-refractivity contribution is -0.120. The van der Waals surface area contributed by atoms with Crippen LogP contribution in [-0.2, 0) is 35.0 Å². The molecule has 1 unspecified atom stereocenters. The van der Waals surface area contributed by atoms with Crippen LogP contribution in [0.3, 0.4) is 0 Å². The number of amides is 1. The second-order valence-electron chi connectivity index (χ2n) is 11.5. The number of nitrogens with zero attached hydrogens (tertiary/aromatic N) is 2. The van der Waals surface area contributed by atoms with Crippen molar-refractivity contribution in [3.63, 3.8) is 0 Å². The summed E-state index contributed by atoms with van der Waals surface area (Å²) >= 11 is 0. The number of aliphatic hydroxyl groups is 1. The van der Waals surface area contributed by atoms with Crippen molar-refractivity contribution in [2.75, 3.05) is 12.3 Å². The first-order chi connectivity index (χ1) is 18.3. The van der Waals surface area contributed by atoms with E-state index in [2.05, 4.69) is 59.6 Å². The van der Waals surface area contributed by atoms with Gasteiger partial charge < -0.3 is 21.5 Å². The van der Waals surface area contributed by atoms with Gasteiger partial charge in [0.1, 0.15) is 11.6 Å². The summed E-state index contributed by atoms with van der Waals surface area (Å²) in [6, 6.07) is 10.9. The second-order valence-corrected chi connectivity index (χ2v) is 11.5. The van der Waals surface area contributed by atoms with E-state index in [-0.39, 0.29) is 30.2 Å². The summed E-state index contributed by atoms with van der Waals surface area (Å²) in [5, 5.41) is 17.6. The number of nitrogen functional groups attached to an aromatic ring is 1. The van der Waals surface area contributed by atoms with Gasteiger partial charge in [0.05, 0.1) is 12.1 Å². The van der Waals surface area contributed by atoms with Gasteiger partial charge >= 0.3 is 0 Å². The van der Waals surface area contributed by atoms with Crippen LogP contribution in [-0.4, -0.2) is 39.7 Å². The zero-order valence-electron chi connectivity index (χ0n) is 22.9. The fourth-order valence-electron chi connectivity index (χ4n) is 5.32. The number of fused-ring (bicyclic) bond motifs is 1. The van der Waals surface area contributed by atoms with Crippen LogP contribution >= 0.6 is 0 Å². The lowest BCUT2D eigenvalue weighted by Gasteiger charge is -2.41. The molecule has 9 heteroatoms. The molecule has 1 aliphatic rings. The summed E-state index contributed by atoms with van der Waals surface area (Å²) in [6.07, 6.45) is 2.75. The van der Waals surface area contributed by atoms with E-state index in [0.717, 1.165) is 22.9 Å². The first-order valence-electron chi connectivity index (χ1n) is 13.2. The molecule has 0 fully saturated rings. The molecular weight excluding hydrogens is 500 g/mol. The number of halogens is 2. The monoisotopic (exact) mass is 537 g/mol. The van der Waals surface area contributed by atoms with E-state index in [4.69, 9.17) is 5.73 Å². The molecule has 0 aliphatic heterocycles. The maximum absolute atomic E-state index is 13.8. The Bertz CT molecular complexity index is 1320. The summed E-state index contributed by atoms with van der Waals surface area (Å²) in [5.41, 5.74) is 9.73. The van der Waals surface area contributed by atoms with Gasteiger partial charge in [-0.25, -0.2) is 18.7 Å². The number of nitrogens with one attached hydrogen (secondary N) is 2. The Morgan fingerprint density at radius 1 is 1.18 bits per heavy atom. The van der Waals surface area contributed by atoms with Crippen LogP contribution in [0, 0.1) is 11.6 Å². The number of benzene rings is 2. The normalized spacial score (nSPS) is 18.7. The van der Waals surface area contributed by atoms with E-state index < -0.39 is 29.3 Å². The zero-order valence-corrected chi connectivity index (χ0v) is 22.9. The molecule has 208 valence electrons. The van der Waals surface area contributed by atoms with Crippen molar-refractivity contribution in [3.05, 3.63) is 88.2 Å². The third-order valence-corrected chi connectivity index (χ3v) is 7.42. The van der Waals surface area contributed by atoms with E-state index in [1.807, 2.05) is 6.07 Å². The minimum atomic E-state index is -1.04. The molecule has 0 bridgehead atoms. The smallest absolute Gasteiger partial charge is 0.220 e. The lowest BCUT2D eigenvalue weighted by atomic mass is 9.73. The van der Waals surface area contributed by atoms with Crippen molar-refractivity contribution >= 4 is 11.9 Å². The fraction of sp³-hybridized carbons (Fsp3) is 0.433. The Morgan fingerprint density at radius 3 is 2.56 bits per heavy atom. The number of hydrogen-bond donors (Lipinski definition) is 4. The maximum Gasteiger partial charge on any atom is 0.220 e. The van der Waals surface area contributed by atoms with Crippen molar-refractivity contribution in [2.45, 2.75) is 76.5 Å². The third-order valence-electron chi connectivity index (χ3n) is 7.42. The Kier molecular flexibility index (Phi) is 8.32. The molecule has 1 aromatic heterocycles. The molecule has 3 atom stereocenters. The predicted octanol–water partition coefficient (Wildman–Crippen LogP) is 3.72. The number of rotatable bonds is 8. The lowest BCUT2D eigenvalue weighted by Crippen LogP contribution is -2.54. The van der Waals surface area contributed by atoms with Crippen molar-refractivity contribution in [2.24, 2.45) is 0 Å². The molecule has 5 N–H and O–H groups in total. The molecule has 0 saturated heterocycles. The number of anilines is 1. The van der Waals surface area contributed by atoms with Gasteiger partial charge in [-0.2, -0.15) is 0 Å². The Hall–Kier alpha value is -3.43. The van der Waals surface area contributed by atoms with E-state index in [1.54, 1.807) is 6.20 Å². The molecule has 1 aliphatic carbocycles. The fourth-order valence-corrected chi connectivity index (χ4v) is 5.32. The summed E-state index contributed by atoms with van der Waals surface area (Å²) in [4.78, 5) is 20.6. The molecule has 1 heterocycles. The Balaban J connectivity index is 1.63. The van der Waals surface area contributed by atoms with Crippen LogP contribution in [0.25, 0.3) is 0 Å². The van der Waals surface area contributed by atoms with E-state index in [9.17, 15) is 18.7 Å². The van der Waals surface area contributed by atoms with Crippen LogP contribution in [0.15, 0.2) is 48.7 Å². The molecule has 4 rings (SSSR count). The van der Waals surface area contributed by atoms with Gasteiger partial charge in [-0.05, 0) is 65.5 Å². The molecule has 1 amide bonds. The van der Waals surface area contributed by atoms with Crippen molar-refractivity contribution in [1.82, 2.24) is 20.6 Å². The van der Waals surface area contributed by atoms with Gasteiger partial charge in [0, 0.05) is 37.0 Å². The number of carbonyl (C=O) groups is 1. The minimum absolute atomic E-state index is 0.0580. The van der Waals surface area contributed by atoms with Crippen LogP contribution in [0.1, 0.15) is 62.1 Å². The van der Waals surface area contributed by atoms with Crippen molar-refractivity contribution in [3.8, 4) is 0 Å². The molecule has 0 spiro atoms. The van der Waals surface area contributed by atoms with E-state index in [0.29, 0.717) is 24.8 Å². The van der Waals surface area contributed by atoms with Crippen LogP contribution in [0.5, 0.6) is 0 Å². The largest absolute Gasteiger partial charge is 0.390 e. The van der Waals surface area contributed by atoms with Gasteiger partial charge in [-0.15, -0.1) is 0 Å². The third kappa shape index (κ3) is 6.96. The van der Waals surface area contributed by atoms with Gasteiger partial charge in [-0.3, -0.25) is 4.79 Å². The summed E-state index contributed by atoms with van der Waals surface area (Å²) in [7, 11) is 0.